The van der Waals surface area contributed by atoms with Crippen molar-refractivity contribution in [2.45, 2.75) is 19.2 Å². The van der Waals surface area contributed by atoms with E-state index in [0.29, 0.717) is 35.4 Å². The molecule has 4 aromatic carbocycles. The van der Waals surface area contributed by atoms with Gasteiger partial charge in [0.15, 0.2) is 5.43 Å². The molecule has 0 radical (unpaired) electrons. The summed E-state index contributed by atoms with van der Waals surface area (Å²) in [5.74, 6) is 0.451. The van der Waals surface area contributed by atoms with Gasteiger partial charge in [-0.05, 0) is 47.0 Å². The van der Waals surface area contributed by atoms with Gasteiger partial charge in [-0.3, -0.25) is 9.59 Å². The third-order valence-electron chi connectivity index (χ3n) is 6.55. The molecule has 1 atom stereocenters. The molecule has 0 N–H and O–H groups in total. The van der Waals surface area contributed by atoms with Crippen LogP contribution in [0.4, 0.5) is 0 Å². The van der Waals surface area contributed by atoms with E-state index in [0.717, 1.165) is 21.2 Å². The fraction of sp³-hybridized carbons (Fsp3) is 0.0968. The summed E-state index contributed by atoms with van der Waals surface area (Å²) in [6.07, 6.45) is 0. The van der Waals surface area contributed by atoms with E-state index in [9.17, 15) is 9.59 Å². The molecule has 1 aromatic heterocycles. The summed E-state index contributed by atoms with van der Waals surface area (Å²) >= 11 is 3.45. The predicted molar refractivity (Wildman–Crippen MR) is 146 cm³/mol. The topological polar surface area (TPSA) is 59.8 Å². The van der Waals surface area contributed by atoms with E-state index >= 15 is 0 Å². The van der Waals surface area contributed by atoms with Crippen molar-refractivity contribution in [3.05, 3.63) is 146 Å². The number of carbonyl (C=O) groups excluding carboxylic acids is 1. The molecule has 0 saturated carbocycles. The molecule has 6 rings (SSSR count). The Morgan fingerprint density at radius 1 is 0.811 bits per heavy atom. The summed E-state index contributed by atoms with van der Waals surface area (Å²) in [5.41, 5.74) is 3.34. The molecule has 1 unspecified atom stereocenters. The molecular formula is C31H22BrNO4. The summed E-state index contributed by atoms with van der Waals surface area (Å²) in [7, 11) is 0. The Kier molecular flexibility index (Phi) is 6.10. The van der Waals surface area contributed by atoms with Crippen LogP contribution in [-0.2, 0) is 13.2 Å². The molecule has 0 spiro atoms. The van der Waals surface area contributed by atoms with Gasteiger partial charge in [0, 0.05) is 11.0 Å². The van der Waals surface area contributed by atoms with Gasteiger partial charge in [-0.2, -0.15) is 0 Å². The first kappa shape index (κ1) is 23.3. The maximum Gasteiger partial charge on any atom is 0.291 e. The Morgan fingerprint density at radius 2 is 1.54 bits per heavy atom. The van der Waals surface area contributed by atoms with Crippen molar-refractivity contribution < 1.29 is 13.9 Å². The van der Waals surface area contributed by atoms with E-state index in [-0.39, 0.29) is 17.1 Å². The molecule has 5 nitrogen and oxygen atoms in total. The van der Waals surface area contributed by atoms with Crippen molar-refractivity contribution >= 4 is 32.8 Å². The first-order valence-corrected chi connectivity index (χ1v) is 12.8. The number of fused-ring (bicyclic) bond motifs is 2. The first-order chi connectivity index (χ1) is 18.1. The molecule has 2 heterocycles. The van der Waals surface area contributed by atoms with Gasteiger partial charge >= 0.3 is 0 Å². The van der Waals surface area contributed by atoms with Gasteiger partial charge in [0.05, 0.1) is 17.0 Å². The van der Waals surface area contributed by atoms with Crippen LogP contribution in [0.1, 0.15) is 38.9 Å². The van der Waals surface area contributed by atoms with Crippen LogP contribution < -0.4 is 10.2 Å². The number of nitrogens with zero attached hydrogens (tertiary/aromatic N) is 1. The molecule has 0 saturated heterocycles. The van der Waals surface area contributed by atoms with Crippen molar-refractivity contribution in [3.63, 3.8) is 0 Å². The number of rotatable bonds is 6. The van der Waals surface area contributed by atoms with Crippen molar-refractivity contribution in [3.8, 4) is 5.75 Å². The Labute approximate surface area is 222 Å². The lowest BCUT2D eigenvalue weighted by Crippen LogP contribution is -2.29. The zero-order valence-electron chi connectivity index (χ0n) is 19.8. The number of carbonyl (C=O) groups is 1. The first-order valence-electron chi connectivity index (χ1n) is 12.0. The summed E-state index contributed by atoms with van der Waals surface area (Å²) in [6.45, 7) is 0.752. The molecule has 37 heavy (non-hydrogen) atoms. The fourth-order valence-electron chi connectivity index (χ4n) is 4.80. The van der Waals surface area contributed by atoms with Crippen molar-refractivity contribution in [2.75, 3.05) is 0 Å². The van der Waals surface area contributed by atoms with E-state index < -0.39 is 6.04 Å². The number of hydrogen-bond acceptors (Lipinski definition) is 4. The fourth-order valence-corrected chi connectivity index (χ4v) is 5.16. The number of ether oxygens (including phenoxy) is 1. The molecule has 0 aliphatic carbocycles. The Balaban J connectivity index is 1.45. The second kappa shape index (κ2) is 9.71. The molecule has 182 valence electrons. The average molecular weight is 552 g/mol. The Hall–Kier alpha value is -4.16. The molecule has 1 aliphatic rings. The maximum atomic E-state index is 13.8. The van der Waals surface area contributed by atoms with Crippen molar-refractivity contribution in [2.24, 2.45) is 0 Å². The monoisotopic (exact) mass is 551 g/mol. The Bertz CT molecular complexity index is 1660. The highest BCUT2D eigenvalue weighted by Gasteiger charge is 2.42. The van der Waals surface area contributed by atoms with Crippen LogP contribution in [0.15, 0.2) is 117 Å². The van der Waals surface area contributed by atoms with Gasteiger partial charge in [-0.25, -0.2) is 0 Å². The SMILES string of the molecule is O=C1c2oc3ccc(Br)cc3c(=O)c2C(c2cccc(OCc3ccccc3)c2)N1Cc1ccccc1. The van der Waals surface area contributed by atoms with Crippen LogP contribution in [0.25, 0.3) is 11.0 Å². The highest BCUT2D eigenvalue weighted by atomic mass is 79.9. The molecule has 0 fully saturated rings. The minimum atomic E-state index is -0.609. The number of amides is 1. The van der Waals surface area contributed by atoms with E-state index in [1.807, 2.05) is 84.9 Å². The quantitative estimate of drug-likeness (QED) is 0.231. The van der Waals surface area contributed by atoms with Gasteiger partial charge in [-0.15, -0.1) is 0 Å². The van der Waals surface area contributed by atoms with Crippen LogP contribution in [0.2, 0.25) is 0 Å². The summed E-state index contributed by atoms with van der Waals surface area (Å²) in [5, 5.41) is 0.434. The van der Waals surface area contributed by atoms with Gasteiger partial charge in [0.2, 0.25) is 5.76 Å². The predicted octanol–water partition coefficient (Wildman–Crippen LogP) is 6.88. The molecule has 5 aromatic rings. The summed E-state index contributed by atoms with van der Waals surface area (Å²) in [6, 6.07) is 31.9. The third kappa shape index (κ3) is 4.45. The lowest BCUT2D eigenvalue weighted by atomic mass is 9.98. The second-order valence-corrected chi connectivity index (χ2v) is 9.90. The summed E-state index contributed by atoms with van der Waals surface area (Å²) < 4.78 is 12.9. The number of hydrogen-bond donors (Lipinski definition) is 0. The normalized spacial score (nSPS) is 14.7. The molecule has 0 bridgehead atoms. The molecule has 1 aliphatic heterocycles. The molecule has 6 heteroatoms. The number of benzene rings is 4. The van der Waals surface area contributed by atoms with Crippen molar-refractivity contribution in [1.82, 2.24) is 4.90 Å². The van der Waals surface area contributed by atoms with Crippen LogP contribution in [-0.4, -0.2) is 10.8 Å². The van der Waals surface area contributed by atoms with E-state index in [1.165, 1.54) is 0 Å². The third-order valence-corrected chi connectivity index (χ3v) is 7.04. The minimum Gasteiger partial charge on any atom is -0.489 e. The smallest absolute Gasteiger partial charge is 0.291 e. The van der Waals surface area contributed by atoms with Crippen molar-refractivity contribution in [1.29, 1.82) is 0 Å². The second-order valence-electron chi connectivity index (χ2n) is 8.98. The van der Waals surface area contributed by atoms with Crippen LogP contribution in [0.5, 0.6) is 5.75 Å². The highest BCUT2D eigenvalue weighted by molar-refractivity contribution is 9.10. The Morgan fingerprint density at radius 3 is 2.30 bits per heavy atom. The zero-order chi connectivity index (χ0) is 25.4. The van der Waals surface area contributed by atoms with Gasteiger partial charge in [0.25, 0.3) is 5.91 Å². The average Bonchev–Trinajstić information content (AvgIpc) is 3.20. The van der Waals surface area contributed by atoms with E-state index in [1.54, 1.807) is 23.1 Å². The van der Waals surface area contributed by atoms with E-state index in [4.69, 9.17) is 9.15 Å². The highest BCUT2D eigenvalue weighted by Crippen LogP contribution is 2.40. The zero-order valence-corrected chi connectivity index (χ0v) is 21.4. The molecule has 1 amide bonds. The standard InChI is InChI=1S/C31H22BrNO4/c32-23-14-15-26-25(17-23)29(34)27-28(33(31(35)30(27)37-26)18-20-8-3-1-4-9-20)22-12-7-13-24(16-22)36-19-21-10-5-2-6-11-21/h1-17,28H,18-19H2. The number of halogens is 1. The lowest BCUT2D eigenvalue weighted by Gasteiger charge is -2.25. The van der Waals surface area contributed by atoms with Crippen LogP contribution in [0.3, 0.4) is 0 Å². The lowest BCUT2D eigenvalue weighted by molar-refractivity contribution is 0.0714. The molecular weight excluding hydrogens is 530 g/mol. The van der Waals surface area contributed by atoms with Gasteiger partial charge < -0.3 is 14.1 Å². The van der Waals surface area contributed by atoms with Crippen LogP contribution in [0, 0.1) is 0 Å². The summed E-state index contributed by atoms with van der Waals surface area (Å²) in [4.78, 5) is 29.2. The van der Waals surface area contributed by atoms with E-state index in [2.05, 4.69) is 15.9 Å². The maximum absolute atomic E-state index is 13.8. The van der Waals surface area contributed by atoms with Gasteiger partial charge in [0.1, 0.15) is 17.9 Å². The largest absolute Gasteiger partial charge is 0.489 e. The minimum absolute atomic E-state index is 0.0939. The van der Waals surface area contributed by atoms with Gasteiger partial charge in [-0.1, -0.05) is 88.7 Å². The van der Waals surface area contributed by atoms with Crippen LogP contribution >= 0.6 is 15.9 Å².